The van der Waals surface area contributed by atoms with E-state index in [0.29, 0.717) is 12.1 Å². The van der Waals surface area contributed by atoms with Gasteiger partial charge in [0.25, 0.3) is 5.91 Å². The average Bonchev–Trinajstić information content (AvgIpc) is 2.89. The fourth-order valence-corrected chi connectivity index (χ4v) is 6.42. The number of nitrogens with zero attached hydrogens (tertiary/aromatic N) is 1. The molecule has 4 rings (SSSR count). The van der Waals surface area contributed by atoms with Crippen molar-refractivity contribution in [2.75, 3.05) is 32.5 Å². The fourth-order valence-electron chi connectivity index (χ4n) is 6.42. The van der Waals surface area contributed by atoms with Gasteiger partial charge in [0.2, 0.25) is 11.7 Å². The van der Waals surface area contributed by atoms with Crippen LogP contribution >= 0.6 is 0 Å². The van der Waals surface area contributed by atoms with Crippen LogP contribution in [-0.2, 0) is 14.4 Å². The van der Waals surface area contributed by atoms with E-state index in [1.807, 2.05) is 6.92 Å². The van der Waals surface area contributed by atoms with Crippen molar-refractivity contribution in [2.45, 2.75) is 50.4 Å². The number of likely N-dealkylation sites (N-methyl/N-ethyl adjacent to an activating group) is 1. The van der Waals surface area contributed by atoms with Crippen molar-refractivity contribution >= 4 is 29.1 Å². The van der Waals surface area contributed by atoms with Gasteiger partial charge in [-0.25, -0.2) is 0 Å². The smallest absolute Gasteiger partial charge is 0.255 e. The van der Waals surface area contributed by atoms with Crippen LogP contribution in [0, 0.1) is 11.8 Å². The van der Waals surface area contributed by atoms with Crippen LogP contribution in [0.4, 0.5) is 5.69 Å². The lowest BCUT2D eigenvalue weighted by atomic mass is 9.55. The number of rotatable bonds is 8. The lowest BCUT2D eigenvalue weighted by Crippen LogP contribution is -2.68. The summed E-state index contributed by atoms with van der Waals surface area (Å²) in [4.78, 5) is 53.2. The van der Waals surface area contributed by atoms with Gasteiger partial charge in [0.05, 0.1) is 35.9 Å². The maximum atomic E-state index is 13.9. The Morgan fingerprint density at radius 3 is 2.39 bits per heavy atom. The molecule has 13 nitrogen and oxygen atoms in total. The second kappa shape index (κ2) is 10.9. The number of aromatic hydroxyl groups is 1. The number of amides is 2. The maximum Gasteiger partial charge on any atom is 0.255 e. The fraction of sp³-hybridized carbons (Fsp3) is 0.500. The second-order valence-electron chi connectivity index (χ2n) is 11.1. The SMILES string of the molecule is CCCCNCC(=O)Nc1ccc2c(c1O)C(=O)C1=C(O)[C@]3(O)C(=O)C(C(N)=O)=C(O)[C@@H](N(C)C)C3C(O)C1C2C. The van der Waals surface area contributed by atoms with Crippen molar-refractivity contribution in [1.82, 2.24) is 10.2 Å². The minimum atomic E-state index is -2.99. The number of anilines is 1. The molecule has 9 N–H and O–H groups in total. The number of hydrogen-bond acceptors (Lipinski definition) is 11. The molecule has 41 heavy (non-hydrogen) atoms. The number of phenolic OH excluding ortho intramolecular Hbond substituents is 1. The molecule has 1 aromatic carbocycles. The summed E-state index contributed by atoms with van der Waals surface area (Å²) < 4.78 is 0. The molecule has 0 bridgehead atoms. The Kier molecular flexibility index (Phi) is 8.02. The Morgan fingerprint density at radius 1 is 1.15 bits per heavy atom. The number of carbonyl (C=O) groups excluding carboxylic acids is 4. The summed E-state index contributed by atoms with van der Waals surface area (Å²) in [5.74, 6) is -10.2. The van der Waals surface area contributed by atoms with E-state index in [1.165, 1.54) is 31.1 Å². The first-order chi connectivity index (χ1) is 19.2. The molecular formula is C28H36N4O9. The van der Waals surface area contributed by atoms with Crippen LogP contribution < -0.4 is 16.4 Å². The summed E-state index contributed by atoms with van der Waals surface area (Å²) in [5, 5.41) is 62.2. The summed E-state index contributed by atoms with van der Waals surface area (Å²) >= 11 is 0. The Hall–Kier alpha value is -3.78. The van der Waals surface area contributed by atoms with Gasteiger partial charge >= 0.3 is 0 Å². The van der Waals surface area contributed by atoms with E-state index in [4.69, 9.17) is 5.73 Å². The number of nitrogens with two attached hydrogens (primary N) is 1. The van der Waals surface area contributed by atoms with Crippen LogP contribution in [0.15, 0.2) is 34.8 Å². The van der Waals surface area contributed by atoms with Crippen molar-refractivity contribution in [2.24, 2.45) is 17.6 Å². The van der Waals surface area contributed by atoms with Crippen LogP contribution in [0.25, 0.3) is 0 Å². The molecule has 0 aromatic heterocycles. The summed E-state index contributed by atoms with van der Waals surface area (Å²) in [6.45, 7) is 4.23. The van der Waals surface area contributed by atoms with Crippen LogP contribution in [0.1, 0.15) is 48.5 Å². The van der Waals surface area contributed by atoms with Gasteiger partial charge in [-0.2, -0.15) is 0 Å². The van der Waals surface area contributed by atoms with Crippen molar-refractivity contribution in [3.8, 4) is 5.75 Å². The number of primary amides is 1. The van der Waals surface area contributed by atoms with Gasteiger partial charge < -0.3 is 41.9 Å². The Bertz CT molecular complexity index is 1380. The zero-order chi connectivity index (χ0) is 30.5. The summed E-state index contributed by atoms with van der Waals surface area (Å²) in [7, 11) is 2.94. The summed E-state index contributed by atoms with van der Waals surface area (Å²) in [5.41, 5.74) is 0.821. The summed E-state index contributed by atoms with van der Waals surface area (Å²) in [6, 6.07) is 1.60. The first-order valence-electron chi connectivity index (χ1n) is 13.4. The molecular weight excluding hydrogens is 536 g/mol. The molecule has 1 aromatic rings. The van der Waals surface area contributed by atoms with Gasteiger partial charge in [0.1, 0.15) is 17.1 Å². The van der Waals surface area contributed by atoms with Gasteiger partial charge in [-0.3, -0.25) is 24.1 Å². The molecule has 3 aliphatic carbocycles. The highest BCUT2D eigenvalue weighted by atomic mass is 16.4. The monoisotopic (exact) mass is 572 g/mol. The van der Waals surface area contributed by atoms with Crippen molar-refractivity contribution in [3.63, 3.8) is 0 Å². The molecule has 0 heterocycles. The van der Waals surface area contributed by atoms with Gasteiger partial charge in [0.15, 0.2) is 17.1 Å². The molecule has 0 saturated carbocycles. The molecule has 222 valence electrons. The van der Waals surface area contributed by atoms with Crippen LogP contribution in [-0.4, -0.2) is 98.7 Å². The molecule has 0 radical (unpaired) electrons. The number of phenols is 1. The third kappa shape index (κ3) is 4.49. The number of unbranched alkanes of at least 4 members (excludes halogenated alkanes) is 1. The molecule has 2 amide bonds. The highest BCUT2D eigenvalue weighted by Crippen LogP contribution is 2.56. The van der Waals surface area contributed by atoms with Crippen LogP contribution in [0.3, 0.4) is 0 Å². The Labute approximate surface area is 236 Å². The number of aliphatic hydroxyl groups excluding tert-OH is 3. The molecule has 0 spiro atoms. The van der Waals surface area contributed by atoms with E-state index >= 15 is 0 Å². The first kappa shape index (κ1) is 30.2. The molecule has 0 saturated heterocycles. The van der Waals surface area contributed by atoms with E-state index in [9.17, 15) is 44.7 Å². The maximum absolute atomic E-state index is 13.9. The highest BCUT2D eigenvalue weighted by molar-refractivity contribution is 6.25. The van der Waals surface area contributed by atoms with Gasteiger partial charge in [-0.05, 0) is 44.6 Å². The van der Waals surface area contributed by atoms with Crippen LogP contribution in [0.2, 0.25) is 0 Å². The summed E-state index contributed by atoms with van der Waals surface area (Å²) in [6.07, 6.45) is 0.135. The van der Waals surface area contributed by atoms with Gasteiger partial charge in [0, 0.05) is 11.5 Å². The van der Waals surface area contributed by atoms with E-state index in [0.717, 1.165) is 12.8 Å². The zero-order valence-electron chi connectivity index (χ0n) is 23.3. The molecule has 6 atom stereocenters. The minimum Gasteiger partial charge on any atom is -0.510 e. The molecule has 4 unspecified atom stereocenters. The predicted molar refractivity (Wildman–Crippen MR) is 146 cm³/mol. The lowest BCUT2D eigenvalue weighted by molar-refractivity contribution is -0.162. The zero-order valence-corrected chi connectivity index (χ0v) is 23.3. The normalized spacial score (nSPS) is 29.3. The second-order valence-corrected chi connectivity index (χ2v) is 11.1. The molecule has 0 aliphatic heterocycles. The number of aliphatic hydroxyl groups is 4. The van der Waals surface area contributed by atoms with E-state index < -0.39 is 87.3 Å². The Balaban J connectivity index is 1.84. The quantitative estimate of drug-likeness (QED) is 0.117. The highest BCUT2D eigenvalue weighted by Gasteiger charge is 2.67. The number of nitrogens with one attached hydrogen (secondary N) is 2. The van der Waals surface area contributed by atoms with Crippen LogP contribution in [0.5, 0.6) is 5.75 Å². The standard InChI is InChI=1S/C28H36N4O9/c1-5-6-9-30-10-14(33)31-13-8-7-12-11(2)15-17(22(35)16(12)21(13)34)25(38)28(41)19(23(15)36)20(32(3)4)24(37)18(26(28)39)27(29)40/h7-8,11,15,19-20,23,30,34,36-38,41H,5-6,9-10H2,1-4H3,(H2,29,40)(H,31,33)/t11?,15?,19?,20-,23?,28-/m0/s1. The van der Waals surface area contributed by atoms with Crippen molar-refractivity contribution in [1.29, 1.82) is 0 Å². The first-order valence-corrected chi connectivity index (χ1v) is 13.4. The topological polar surface area (TPSA) is 223 Å². The molecule has 13 heteroatoms. The van der Waals surface area contributed by atoms with E-state index in [-0.39, 0.29) is 17.8 Å². The Morgan fingerprint density at radius 2 is 1.80 bits per heavy atom. The van der Waals surface area contributed by atoms with E-state index in [2.05, 4.69) is 10.6 Å². The van der Waals surface area contributed by atoms with Gasteiger partial charge in [-0.1, -0.05) is 26.3 Å². The average molecular weight is 573 g/mol. The lowest BCUT2D eigenvalue weighted by Gasteiger charge is -2.53. The number of ketones is 2. The number of benzene rings is 1. The molecule has 0 fully saturated rings. The number of Topliss-reactive ketones (excluding diaryl/α,β-unsaturated/α-hetero) is 2. The number of carbonyl (C=O) groups is 4. The minimum absolute atomic E-state index is 0.0345. The molecule has 3 aliphatic rings. The van der Waals surface area contributed by atoms with Crippen molar-refractivity contribution < 1.29 is 44.7 Å². The number of fused-ring (bicyclic) bond motifs is 3. The van der Waals surface area contributed by atoms with Crippen molar-refractivity contribution in [3.05, 3.63) is 45.9 Å². The number of hydrogen-bond donors (Lipinski definition) is 8. The van der Waals surface area contributed by atoms with E-state index in [1.54, 1.807) is 6.92 Å². The van der Waals surface area contributed by atoms with Gasteiger partial charge in [-0.15, -0.1) is 0 Å². The third-order valence-corrected chi connectivity index (χ3v) is 8.40. The largest absolute Gasteiger partial charge is 0.510 e. The predicted octanol–water partition coefficient (Wildman–Crippen LogP) is -0.0194. The third-order valence-electron chi connectivity index (χ3n) is 8.40.